The molecule has 0 aliphatic carbocycles. The van der Waals surface area contributed by atoms with E-state index in [0.29, 0.717) is 28.8 Å². The third-order valence-electron chi connectivity index (χ3n) is 3.44. The topological polar surface area (TPSA) is 57.4 Å². The van der Waals surface area contributed by atoms with E-state index in [1.54, 1.807) is 31.2 Å². The van der Waals surface area contributed by atoms with Crippen LogP contribution in [0.15, 0.2) is 53.1 Å². The Kier molecular flexibility index (Phi) is 5.11. The SMILES string of the molecule is Cc1noc(COc2ccc(OCc3ccc(C(F)(F)F)cc3)cc2)n1. The molecule has 3 rings (SSSR count). The number of ether oxygens (including phenoxy) is 2. The van der Waals surface area contributed by atoms with E-state index >= 15 is 0 Å². The largest absolute Gasteiger partial charge is 0.489 e. The second kappa shape index (κ2) is 7.47. The van der Waals surface area contributed by atoms with Crippen LogP contribution in [0.4, 0.5) is 13.2 Å². The number of nitrogens with zero attached hydrogens (tertiary/aromatic N) is 2. The van der Waals surface area contributed by atoms with Gasteiger partial charge in [-0.15, -0.1) is 0 Å². The summed E-state index contributed by atoms with van der Waals surface area (Å²) in [6.07, 6.45) is -4.34. The molecule has 0 aliphatic rings. The first-order valence-corrected chi connectivity index (χ1v) is 7.71. The van der Waals surface area contributed by atoms with Crippen LogP contribution in [0, 0.1) is 6.92 Å². The maximum atomic E-state index is 12.5. The van der Waals surface area contributed by atoms with E-state index in [1.807, 2.05) is 0 Å². The van der Waals surface area contributed by atoms with Crippen molar-refractivity contribution in [2.45, 2.75) is 26.3 Å². The summed E-state index contributed by atoms with van der Waals surface area (Å²) in [4.78, 5) is 4.03. The minimum atomic E-state index is -4.34. The van der Waals surface area contributed by atoms with E-state index in [9.17, 15) is 13.2 Å². The van der Waals surface area contributed by atoms with Crippen molar-refractivity contribution in [3.05, 3.63) is 71.4 Å². The fourth-order valence-electron chi connectivity index (χ4n) is 2.13. The van der Waals surface area contributed by atoms with Crippen LogP contribution < -0.4 is 9.47 Å². The van der Waals surface area contributed by atoms with E-state index in [4.69, 9.17) is 14.0 Å². The number of alkyl halides is 3. The van der Waals surface area contributed by atoms with Gasteiger partial charge in [0.2, 0.25) is 0 Å². The lowest BCUT2D eigenvalue weighted by atomic mass is 10.1. The first-order chi connectivity index (χ1) is 12.4. The number of rotatable bonds is 6. The van der Waals surface area contributed by atoms with Crippen LogP contribution in [-0.4, -0.2) is 10.1 Å². The fraction of sp³-hybridized carbons (Fsp3) is 0.222. The third kappa shape index (κ3) is 4.75. The van der Waals surface area contributed by atoms with Crippen molar-refractivity contribution < 1.29 is 27.2 Å². The zero-order valence-electron chi connectivity index (χ0n) is 13.8. The van der Waals surface area contributed by atoms with Crippen LogP contribution in [0.2, 0.25) is 0 Å². The Balaban J connectivity index is 1.51. The number of aryl methyl sites for hydroxylation is 1. The average Bonchev–Trinajstić information content (AvgIpc) is 3.04. The molecular weight excluding hydrogens is 349 g/mol. The number of halogens is 3. The lowest BCUT2D eigenvalue weighted by molar-refractivity contribution is -0.137. The molecule has 0 bridgehead atoms. The van der Waals surface area contributed by atoms with Gasteiger partial charge in [-0.3, -0.25) is 0 Å². The first kappa shape index (κ1) is 17.8. The highest BCUT2D eigenvalue weighted by atomic mass is 19.4. The lowest BCUT2D eigenvalue weighted by Crippen LogP contribution is -2.05. The molecule has 0 spiro atoms. The zero-order chi connectivity index (χ0) is 18.6. The highest BCUT2D eigenvalue weighted by molar-refractivity contribution is 5.32. The van der Waals surface area contributed by atoms with Gasteiger partial charge in [0, 0.05) is 0 Å². The Labute approximate surface area is 147 Å². The summed E-state index contributed by atoms with van der Waals surface area (Å²) in [5, 5.41) is 3.67. The molecule has 0 aliphatic heterocycles. The second-order valence-corrected chi connectivity index (χ2v) is 5.48. The van der Waals surface area contributed by atoms with Gasteiger partial charge in [-0.25, -0.2) is 0 Å². The standard InChI is InChI=1S/C18H15F3N2O3/c1-12-22-17(26-23-12)11-25-16-8-6-15(7-9-16)24-10-13-2-4-14(5-3-13)18(19,20)21/h2-9H,10-11H2,1H3. The van der Waals surface area contributed by atoms with E-state index in [1.165, 1.54) is 12.1 Å². The number of aromatic nitrogens is 2. The lowest BCUT2D eigenvalue weighted by Gasteiger charge is -2.09. The summed E-state index contributed by atoms with van der Waals surface area (Å²) in [5.74, 6) is 2.09. The van der Waals surface area contributed by atoms with Gasteiger partial charge in [0.25, 0.3) is 5.89 Å². The summed E-state index contributed by atoms with van der Waals surface area (Å²) in [7, 11) is 0. The van der Waals surface area contributed by atoms with Crippen LogP contribution >= 0.6 is 0 Å². The molecule has 0 saturated heterocycles. The van der Waals surface area contributed by atoms with Crippen molar-refractivity contribution in [1.82, 2.24) is 10.1 Å². The molecule has 0 N–H and O–H groups in total. The van der Waals surface area contributed by atoms with Gasteiger partial charge in [-0.05, 0) is 48.9 Å². The molecule has 5 nitrogen and oxygen atoms in total. The molecule has 1 heterocycles. The minimum absolute atomic E-state index is 0.159. The Morgan fingerprint density at radius 1 is 0.885 bits per heavy atom. The van der Waals surface area contributed by atoms with E-state index in [-0.39, 0.29) is 13.2 Å². The predicted octanol–water partition coefficient (Wildman–Crippen LogP) is 4.55. The van der Waals surface area contributed by atoms with Crippen molar-refractivity contribution in [1.29, 1.82) is 0 Å². The summed E-state index contributed by atoms with van der Waals surface area (Å²) in [6, 6.07) is 11.7. The molecule has 1 aromatic heterocycles. The molecule has 0 saturated carbocycles. The van der Waals surface area contributed by atoms with Crippen molar-refractivity contribution in [2.24, 2.45) is 0 Å². The predicted molar refractivity (Wildman–Crippen MR) is 85.6 cm³/mol. The molecule has 0 atom stereocenters. The summed E-state index contributed by atoms with van der Waals surface area (Å²) < 4.78 is 53.6. The van der Waals surface area contributed by atoms with Gasteiger partial charge in [0.05, 0.1) is 5.56 Å². The molecule has 0 unspecified atom stereocenters. The molecule has 0 radical (unpaired) electrons. The van der Waals surface area contributed by atoms with Crippen LogP contribution in [-0.2, 0) is 19.4 Å². The summed E-state index contributed by atoms with van der Waals surface area (Å²) in [6.45, 7) is 2.04. The molecule has 136 valence electrons. The highest BCUT2D eigenvalue weighted by Gasteiger charge is 2.29. The Morgan fingerprint density at radius 2 is 1.46 bits per heavy atom. The summed E-state index contributed by atoms with van der Waals surface area (Å²) in [5.41, 5.74) is -0.0377. The molecule has 3 aromatic rings. The smallest absolute Gasteiger partial charge is 0.416 e. The second-order valence-electron chi connectivity index (χ2n) is 5.48. The third-order valence-corrected chi connectivity index (χ3v) is 3.44. The van der Waals surface area contributed by atoms with Crippen LogP contribution in [0.1, 0.15) is 22.8 Å². The van der Waals surface area contributed by atoms with Gasteiger partial charge in [0.1, 0.15) is 18.1 Å². The van der Waals surface area contributed by atoms with Gasteiger partial charge < -0.3 is 14.0 Å². The quantitative estimate of drug-likeness (QED) is 0.642. The minimum Gasteiger partial charge on any atom is -0.489 e. The van der Waals surface area contributed by atoms with E-state index < -0.39 is 11.7 Å². The van der Waals surface area contributed by atoms with Crippen LogP contribution in [0.3, 0.4) is 0 Å². The Hall–Kier alpha value is -3.03. The fourth-order valence-corrected chi connectivity index (χ4v) is 2.13. The number of benzene rings is 2. The van der Waals surface area contributed by atoms with Crippen LogP contribution in [0.25, 0.3) is 0 Å². The average molecular weight is 364 g/mol. The highest BCUT2D eigenvalue weighted by Crippen LogP contribution is 2.29. The summed E-state index contributed by atoms with van der Waals surface area (Å²) >= 11 is 0. The molecular formula is C18H15F3N2O3. The zero-order valence-corrected chi connectivity index (χ0v) is 13.8. The van der Waals surface area contributed by atoms with Gasteiger partial charge in [-0.1, -0.05) is 17.3 Å². The Morgan fingerprint density at radius 3 is 1.96 bits per heavy atom. The first-order valence-electron chi connectivity index (χ1n) is 7.71. The van der Waals surface area contributed by atoms with E-state index in [0.717, 1.165) is 12.1 Å². The van der Waals surface area contributed by atoms with Crippen molar-refractivity contribution >= 4 is 0 Å². The molecule has 2 aromatic carbocycles. The molecule has 8 heteroatoms. The maximum Gasteiger partial charge on any atom is 0.416 e. The Bertz CT molecular complexity index is 843. The van der Waals surface area contributed by atoms with Gasteiger partial charge in [0.15, 0.2) is 12.4 Å². The molecule has 26 heavy (non-hydrogen) atoms. The van der Waals surface area contributed by atoms with Crippen molar-refractivity contribution in [3.63, 3.8) is 0 Å². The van der Waals surface area contributed by atoms with Crippen molar-refractivity contribution in [2.75, 3.05) is 0 Å². The molecule has 0 fully saturated rings. The van der Waals surface area contributed by atoms with E-state index in [2.05, 4.69) is 10.1 Å². The number of hydrogen-bond acceptors (Lipinski definition) is 5. The normalized spacial score (nSPS) is 11.4. The van der Waals surface area contributed by atoms with Gasteiger partial charge >= 0.3 is 6.18 Å². The monoisotopic (exact) mass is 364 g/mol. The van der Waals surface area contributed by atoms with Crippen molar-refractivity contribution in [3.8, 4) is 11.5 Å². The molecule has 0 amide bonds. The van der Waals surface area contributed by atoms with Crippen LogP contribution in [0.5, 0.6) is 11.5 Å². The maximum absolute atomic E-state index is 12.5. The van der Waals surface area contributed by atoms with Gasteiger partial charge in [-0.2, -0.15) is 18.2 Å². The number of hydrogen-bond donors (Lipinski definition) is 0.